The molecule has 3 aliphatic rings. The number of rotatable bonds is 4. The number of benzene rings is 3. The smallest absolute Gasteiger partial charge is 0.224 e. The van der Waals surface area contributed by atoms with Crippen molar-refractivity contribution in [3.05, 3.63) is 88.5 Å². The Bertz CT molecular complexity index is 1470. The SMILES string of the molecule is O=C1CCCc2cc(C(=O)CCl)ccc2N1.O=C1CCCc2cc(CCCl)ccc2N1.O=C1CCCc2ccccc2N1. The Morgan fingerprint density at radius 1 is 0.605 bits per heavy atom. The Kier molecular flexibility index (Phi) is 12.2. The Morgan fingerprint density at radius 3 is 1.70 bits per heavy atom. The van der Waals surface area contributed by atoms with Crippen LogP contribution in [-0.4, -0.2) is 35.3 Å². The highest BCUT2D eigenvalue weighted by Crippen LogP contribution is 2.25. The van der Waals surface area contributed by atoms with Crippen molar-refractivity contribution in [1.29, 1.82) is 0 Å². The van der Waals surface area contributed by atoms with E-state index in [2.05, 4.69) is 28.1 Å². The molecule has 9 heteroatoms. The summed E-state index contributed by atoms with van der Waals surface area (Å²) in [6.45, 7) is 0. The maximum absolute atomic E-state index is 11.4. The van der Waals surface area contributed by atoms with Gasteiger partial charge in [0, 0.05) is 47.8 Å². The van der Waals surface area contributed by atoms with Crippen molar-refractivity contribution in [3.63, 3.8) is 0 Å². The number of ketones is 1. The van der Waals surface area contributed by atoms with Gasteiger partial charge in [0.2, 0.25) is 17.7 Å². The van der Waals surface area contributed by atoms with Gasteiger partial charge in [-0.05, 0) is 97.5 Å². The molecule has 0 bridgehead atoms. The molecule has 6 rings (SSSR count). The fraction of sp³-hybridized carbons (Fsp3) is 0.353. The minimum atomic E-state index is -0.0833. The number of anilines is 3. The number of hydrogen-bond donors (Lipinski definition) is 3. The van der Waals surface area contributed by atoms with Gasteiger partial charge in [-0.25, -0.2) is 0 Å². The van der Waals surface area contributed by atoms with Crippen LogP contribution in [0.2, 0.25) is 0 Å². The van der Waals surface area contributed by atoms with E-state index in [-0.39, 0.29) is 29.4 Å². The normalized spacial score (nSPS) is 15.4. The second kappa shape index (κ2) is 16.2. The van der Waals surface area contributed by atoms with Crippen molar-refractivity contribution in [1.82, 2.24) is 0 Å². The molecule has 3 amide bonds. The van der Waals surface area contributed by atoms with Gasteiger partial charge >= 0.3 is 0 Å². The maximum Gasteiger partial charge on any atom is 0.224 e. The lowest BCUT2D eigenvalue weighted by atomic mass is 10.0. The molecule has 0 unspecified atom stereocenters. The van der Waals surface area contributed by atoms with Gasteiger partial charge in [-0.1, -0.05) is 30.3 Å². The van der Waals surface area contributed by atoms with Gasteiger partial charge in [-0.2, -0.15) is 0 Å². The van der Waals surface area contributed by atoms with Crippen LogP contribution >= 0.6 is 23.2 Å². The van der Waals surface area contributed by atoms with E-state index in [1.165, 1.54) is 16.7 Å². The number of amides is 3. The van der Waals surface area contributed by atoms with Gasteiger partial charge < -0.3 is 16.0 Å². The van der Waals surface area contributed by atoms with Gasteiger partial charge in [0.05, 0.1) is 5.88 Å². The number of alkyl halides is 2. The Morgan fingerprint density at radius 2 is 1.12 bits per heavy atom. The zero-order valence-corrected chi connectivity index (χ0v) is 25.7. The van der Waals surface area contributed by atoms with Crippen LogP contribution in [0.5, 0.6) is 0 Å². The van der Waals surface area contributed by atoms with Gasteiger partial charge in [0.15, 0.2) is 5.78 Å². The summed E-state index contributed by atoms with van der Waals surface area (Å²) >= 11 is 11.2. The van der Waals surface area contributed by atoms with Gasteiger partial charge in [-0.3, -0.25) is 19.2 Å². The van der Waals surface area contributed by atoms with Crippen molar-refractivity contribution in [2.24, 2.45) is 0 Å². The number of carbonyl (C=O) groups is 4. The zero-order valence-electron chi connectivity index (χ0n) is 24.1. The molecular formula is C34H37Cl2N3O4. The molecule has 0 fully saturated rings. The third kappa shape index (κ3) is 9.66. The highest BCUT2D eigenvalue weighted by Gasteiger charge is 2.15. The average molecular weight is 623 g/mol. The third-order valence-electron chi connectivity index (χ3n) is 7.49. The van der Waals surface area contributed by atoms with Crippen LogP contribution in [0.1, 0.15) is 71.1 Å². The Hall–Kier alpha value is -3.68. The number of halogens is 2. The molecule has 226 valence electrons. The predicted octanol–water partition coefficient (Wildman–Crippen LogP) is 7.09. The highest BCUT2D eigenvalue weighted by molar-refractivity contribution is 6.30. The van der Waals surface area contributed by atoms with Crippen molar-refractivity contribution in [3.8, 4) is 0 Å². The molecule has 0 atom stereocenters. The molecule has 3 aromatic rings. The van der Waals surface area contributed by atoms with Crippen LogP contribution in [0.3, 0.4) is 0 Å². The minimum absolute atomic E-state index is 0.00878. The van der Waals surface area contributed by atoms with Crippen LogP contribution in [-0.2, 0) is 40.1 Å². The summed E-state index contributed by atoms with van der Waals surface area (Å²) in [5.74, 6) is 0.852. The van der Waals surface area contributed by atoms with E-state index in [0.29, 0.717) is 30.7 Å². The highest BCUT2D eigenvalue weighted by atomic mass is 35.5. The van der Waals surface area contributed by atoms with Gasteiger partial charge in [0.25, 0.3) is 0 Å². The molecule has 7 nitrogen and oxygen atoms in total. The summed E-state index contributed by atoms with van der Waals surface area (Å²) < 4.78 is 0. The van der Waals surface area contributed by atoms with E-state index in [1.807, 2.05) is 36.4 Å². The standard InChI is InChI=1S/C12H12ClNO2.C12H14ClNO.C10H11NO/c13-7-11(15)9-4-5-10-8(6-9)2-1-3-12(16)14-10;13-7-6-9-4-5-11-10(8-9)2-1-3-12(15)14-11;12-10-7-3-5-8-4-1-2-6-9(8)11-10/h4-6H,1-3,7H2,(H,14,16);4-5,8H,1-3,6-7H2,(H,14,15);1-2,4,6H,3,5,7H2,(H,11,12). The van der Waals surface area contributed by atoms with Gasteiger partial charge in [0.1, 0.15) is 0 Å². The molecule has 3 heterocycles. The first-order valence-corrected chi connectivity index (χ1v) is 15.8. The predicted molar refractivity (Wildman–Crippen MR) is 174 cm³/mol. The lowest BCUT2D eigenvalue weighted by Gasteiger charge is -2.08. The molecule has 0 saturated carbocycles. The first-order valence-electron chi connectivity index (χ1n) is 14.7. The van der Waals surface area contributed by atoms with Crippen LogP contribution in [0.4, 0.5) is 17.1 Å². The number of nitrogens with one attached hydrogen (secondary N) is 3. The summed E-state index contributed by atoms with van der Waals surface area (Å²) in [6, 6.07) is 19.5. The molecule has 0 spiro atoms. The summed E-state index contributed by atoms with van der Waals surface area (Å²) in [5.41, 5.74) is 8.14. The summed E-state index contributed by atoms with van der Waals surface area (Å²) in [5, 5.41) is 8.63. The lowest BCUT2D eigenvalue weighted by molar-refractivity contribution is -0.117. The van der Waals surface area contributed by atoms with Crippen molar-refractivity contribution >= 4 is 63.8 Å². The molecule has 0 aromatic heterocycles. The number of aryl methyl sites for hydroxylation is 4. The number of Topliss-reactive ketones (excluding diaryl/α,β-unsaturated/α-hetero) is 1. The molecule has 43 heavy (non-hydrogen) atoms. The molecule has 3 N–H and O–H groups in total. The summed E-state index contributed by atoms with van der Waals surface area (Å²) in [6.07, 6.45) is 8.21. The third-order valence-corrected chi connectivity index (χ3v) is 7.92. The fourth-order valence-electron chi connectivity index (χ4n) is 5.23. The molecule has 0 saturated heterocycles. The number of carbonyl (C=O) groups excluding carboxylic acids is 4. The Labute approximate surface area is 262 Å². The first-order chi connectivity index (χ1) is 20.9. The maximum atomic E-state index is 11.4. The monoisotopic (exact) mass is 621 g/mol. The second-order valence-electron chi connectivity index (χ2n) is 10.7. The number of fused-ring (bicyclic) bond motifs is 3. The molecule has 3 aliphatic heterocycles. The molecule has 0 aliphatic carbocycles. The van der Waals surface area contributed by atoms with Crippen molar-refractivity contribution in [2.75, 3.05) is 27.7 Å². The minimum Gasteiger partial charge on any atom is -0.326 e. The molecule has 0 radical (unpaired) electrons. The fourth-order valence-corrected chi connectivity index (χ4v) is 5.60. The van der Waals surface area contributed by atoms with E-state index in [9.17, 15) is 19.2 Å². The average Bonchev–Trinajstić information content (AvgIpc) is 3.40. The van der Waals surface area contributed by atoms with Crippen LogP contribution in [0.15, 0.2) is 60.7 Å². The van der Waals surface area contributed by atoms with Crippen molar-refractivity contribution < 1.29 is 19.2 Å². The van der Waals surface area contributed by atoms with E-state index in [1.54, 1.807) is 12.1 Å². The lowest BCUT2D eigenvalue weighted by Crippen LogP contribution is -2.09. The Balaban J connectivity index is 0.000000149. The van der Waals surface area contributed by atoms with Crippen LogP contribution < -0.4 is 16.0 Å². The van der Waals surface area contributed by atoms with E-state index < -0.39 is 0 Å². The molecule has 3 aromatic carbocycles. The van der Waals surface area contributed by atoms with E-state index in [4.69, 9.17) is 23.2 Å². The first kappa shape index (κ1) is 32.2. The van der Waals surface area contributed by atoms with Crippen LogP contribution in [0.25, 0.3) is 0 Å². The van der Waals surface area contributed by atoms with Crippen LogP contribution in [0, 0.1) is 0 Å². The largest absolute Gasteiger partial charge is 0.326 e. The second-order valence-corrected chi connectivity index (χ2v) is 11.4. The quantitative estimate of drug-likeness (QED) is 0.214. The summed E-state index contributed by atoms with van der Waals surface area (Å²) in [4.78, 5) is 45.2. The topological polar surface area (TPSA) is 104 Å². The van der Waals surface area contributed by atoms with E-state index in [0.717, 1.165) is 67.6 Å². The zero-order chi connectivity index (χ0) is 30.6. The molecular weight excluding hydrogens is 585 g/mol. The van der Waals surface area contributed by atoms with Gasteiger partial charge in [-0.15, -0.1) is 23.2 Å². The van der Waals surface area contributed by atoms with Crippen molar-refractivity contribution in [2.45, 2.75) is 64.2 Å². The number of para-hydroxylation sites is 1. The summed E-state index contributed by atoms with van der Waals surface area (Å²) in [7, 11) is 0. The van der Waals surface area contributed by atoms with E-state index >= 15 is 0 Å². The number of hydrogen-bond acceptors (Lipinski definition) is 4.